The average molecular weight is 300 g/mol. The number of hydrogen-bond donors (Lipinski definition) is 1. The maximum atomic E-state index is 12.3. The van der Waals surface area contributed by atoms with Gasteiger partial charge in [-0.2, -0.15) is 5.10 Å². The van der Waals surface area contributed by atoms with E-state index in [1.165, 1.54) is 18.7 Å². The largest absolute Gasteiger partial charge is 0.320 e. The lowest BCUT2D eigenvalue weighted by Gasteiger charge is -2.11. The Balaban J connectivity index is 1.93. The number of hydrogen-bond acceptors (Lipinski definition) is 4. The Labute approximate surface area is 125 Å². The highest BCUT2D eigenvalue weighted by molar-refractivity contribution is 6.34. The summed E-state index contributed by atoms with van der Waals surface area (Å²) in [5.41, 5.74) is 1.69. The van der Waals surface area contributed by atoms with Crippen LogP contribution in [0.5, 0.6) is 0 Å². The SMILES string of the molecule is O=C(Nc1ccccc1-n1cncn1)c1ccncc1Cl. The van der Waals surface area contributed by atoms with Crippen molar-refractivity contribution in [2.24, 2.45) is 0 Å². The van der Waals surface area contributed by atoms with Gasteiger partial charge in [-0.05, 0) is 18.2 Å². The van der Waals surface area contributed by atoms with Gasteiger partial charge in [0.1, 0.15) is 12.7 Å². The fourth-order valence-electron chi connectivity index (χ4n) is 1.86. The zero-order chi connectivity index (χ0) is 14.7. The van der Waals surface area contributed by atoms with E-state index in [-0.39, 0.29) is 5.91 Å². The van der Waals surface area contributed by atoms with E-state index in [1.54, 1.807) is 23.1 Å². The number of rotatable bonds is 3. The molecule has 0 radical (unpaired) electrons. The van der Waals surface area contributed by atoms with Crippen LogP contribution in [0.2, 0.25) is 5.02 Å². The Bertz CT molecular complexity index is 773. The van der Waals surface area contributed by atoms with Gasteiger partial charge in [-0.15, -0.1) is 0 Å². The fraction of sp³-hybridized carbons (Fsp3) is 0. The van der Waals surface area contributed by atoms with Gasteiger partial charge in [0.15, 0.2) is 0 Å². The standard InChI is InChI=1S/C14H10ClN5O/c15-11-7-16-6-5-10(11)14(21)19-12-3-1-2-4-13(12)20-9-17-8-18-20/h1-9H,(H,19,21). The Hall–Kier alpha value is -2.73. The van der Waals surface area contributed by atoms with Crippen molar-refractivity contribution < 1.29 is 4.79 Å². The Morgan fingerprint density at radius 3 is 2.81 bits per heavy atom. The third kappa shape index (κ3) is 2.75. The normalized spacial score (nSPS) is 10.3. The number of anilines is 1. The molecule has 2 heterocycles. The van der Waals surface area contributed by atoms with Crippen LogP contribution in [0.4, 0.5) is 5.69 Å². The lowest BCUT2D eigenvalue weighted by molar-refractivity contribution is 0.102. The van der Waals surface area contributed by atoms with Crippen LogP contribution in [0.25, 0.3) is 5.69 Å². The summed E-state index contributed by atoms with van der Waals surface area (Å²) in [6.07, 6.45) is 5.94. The summed E-state index contributed by atoms with van der Waals surface area (Å²) in [6, 6.07) is 8.86. The van der Waals surface area contributed by atoms with Gasteiger partial charge >= 0.3 is 0 Å². The van der Waals surface area contributed by atoms with E-state index in [2.05, 4.69) is 20.4 Å². The fourth-order valence-corrected chi connectivity index (χ4v) is 2.07. The molecule has 0 spiro atoms. The summed E-state index contributed by atoms with van der Waals surface area (Å²) in [5.74, 6) is -0.310. The predicted octanol–water partition coefficient (Wildman–Crippen LogP) is 2.57. The van der Waals surface area contributed by atoms with E-state index in [0.717, 1.165) is 0 Å². The average Bonchev–Trinajstić information content (AvgIpc) is 3.02. The highest BCUT2D eigenvalue weighted by Crippen LogP contribution is 2.21. The molecule has 0 aliphatic carbocycles. The number of pyridine rings is 1. The second-order valence-electron chi connectivity index (χ2n) is 4.17. The van der Waals surface area contributed by atoms with Crippen LogP contribution in [-0.2, 0) is 0 Å². The maximum Gasteiger partial charge on any atom is 0.257 e. The second-order valence-corrected chi connectivity index (χ2v) is 4.57. The molecule has 1 amide bonds. The number of aromatic nitrogens is 4. The highest BCUT2D eigenvalue weighted by atomic mass is 35.5. The molecule has 0 atom stereocenters. The van der Waals surface area contributed by atoms with Gasteiger partial charge in [-0.25, -0.2) is 9.67 Å². The number of benzene rings is 1. The van der Waals surface area contributed by atoms with Crippen molar-refractivity contribution in [3.63, 3.8) is 0 Å². The minimum Gasteiger partial charge on any atom is -0.320 e. The van der Waals surface area contributed by atoms with Crippen LogP contribution < -0.4 is 5.32 Å². The van der Waals surface area contributed by atoms with Crippen LogP contribution in [0.15, 0.2) is 55.4 Å². The van der Waals surface area contributed by atoms with Crippen molar-refractivity contribution in [1.29, 1.82) is 0 Å². The van der Waals surface area contributed by atoms with Crippen molar-refractivity contribution in [3.8, 4) is 5.69 Å². The molecule has 3 aromatic rings. The third-order valence-electron chi connectivity index (χ3n) is 2.83. The van der Waals surface area contributed by atoms with E-state index in [4.69, 9.17) is 11.6 Å². The van der Waals surface area contributed by atoms with Crippen molar-refractivity contribution in [2.45, 2.75) is 0 Å². The molecule has 1 aromatic carbocycles. The second kappa shape index (κ2) is 5.72. The first-order valence-corrected chi connectivity index (χ1v) is 6.48. The van der Waals surface area contributed by atoms with Crippen molar-refractivity contribution >= 4 is 23.2 Å². The smallest absolute Gasteiger partial charge is 0.257 e. The highest BCUT2D eigenvalue weighted by Gasteiger charge is 2.13. The molecule has 0 saturated carbocycles. The molecule has 7 heteroatoms. The summed E-state index contributed by atoms with van der Waals surface area (Å²) in [6.45, 7) is 0. The van der Waals surface area contributed by atoms with Gasteiger partial charge < -0.3 is 5.32 Å². The number of amides is 1. The van der Waals surface area contributed by atoms with Gasteiger partial charge in [-0.1, -0.05) is 23.7 Å². The first-order chi connectivity index (χ1) is 10.3. The number of halogens is 1. The molecule has 104 valence electrons. The Kier molecular flexibility index (Phi) is 3.61. The Morgan fingerprint density at radius 1 is 1.19 bits per heavy atom. The monoisotopic (exact) mass is 299 g/mol. The zero-order valence-electron chi connectivity index (χ0n) is 10.8. The van der Waals surface area contributed by atoms with Gasteiger partial charge in [0, 0.05) is 12.4 Å². The molecular weight excluding hydrogens is 290 g/mol. The summed E-state index contributed by atoms with van der Waals surface area (Å²) in [4.78, 5) is 20.0. The molecule has 1 N–H and O–H groups in total. The predicted molar refractivity (Wildman–Crippen MR) is 78.6 cm³/mol. The third-order valence-corrected chi connectivity index (χ3v) is 3.14. The molecule has 0 aliphatic rings. The molecular formula is C14H10ClN5O. The van der Waals surface area contributed by atoms with Crippen LogP contribution in [0.1, 0.15) is 10.4 Å². The van der Waals surface area contributed by atoms with Crippen LogP contribution in [-0.4, -0.2) is 25.7 Å². The van der Waals surface area contributed by atoms with Gasteiger partial charge in [0.25, 0.3) is 5.91 Å². The minimum absolute atomic E-state index is 0.299. The van der Waals surface area contributed by atoms with E-state index >= 15 is 0 Å². The van der Waals surface area contributed by atoms with Crippen LogP contribution in [0, 0.1) is 0 Å². The molecule has 0 aliphatic heterocycles. The lowest BCUT2D eigenvalue weighted by Crippen LogP contribution is -2.14. The molecule has 21 heavy (non-hydrogen) atoms. The van der Waals surface area contributed by atoms with Gasteiger partial charge in [0.2, 0.25) is 0 Å². The molecule has 3 rings (SSSR count). The molecule has 0 fully saturated rings. The number of carbonyl (C=O) groups excluding carboxylic acids is 1. The van der Waals surface area contributed by atoms with Crippen LogP contribution in [0.3, 0.4) is 0 Å². The summed E-state index contributed by atoms with van der Waals surface area (Å²) in [5, 5.41) is 7.18. The van der Waals surface area contributed by atoms with E-state index in [1.807, 2.05) is 18.2 Å². The first-order valence-electron chi connectivity index (χ1n) is 6.10. The number of carbonyl (C=O) groups is 1. The van der Waals surface area contributed by atoms with Gasteiger partial charge in [0.05, 0.1) is 22.0 Å². The quantitative estimate of drug-likeness (QED) is 0.806. The number of nitrogens with one attached hydrogen (secondary N) is 1. The molecule has 2 aromatic heterocycles. The minimum atomic E-state index is -0.310. The zero-order valence-corrected chi connectivity index (χ0v) is 11.5. The summed E-state index contributed by atoms with van der Waals surface area (Å²) < 4.78 is 1.57. The maximum absolute atomic E-state index is 12.3. The van der Waals surface area contributed by atoms with E-state index in [0.29, 0.717) is 22.0 Å². The van der Waals surface area contributed by atoms with Crippen molar-refractivity contribution in [3.05, 3.63) is 66.0 Å². The van der Waals surface area contributed by atoms with Crippen LogP contribution >= 0.6 is 11.6 Å². The lowest BCUT2D eigenvalue weighted by atomic mass is 10.2. The summed E-state index contributed by atoms with van der Waals surface area (Å²) in [7, 11) is 0. The molecule has 0 unspecified atom stereocenters. The first kappa shape index (κ1) is 13.3. The van der Waals surface area contributed by atoms with E-state index < -0.39 is 0 Å². The molecule has 6 nitrogen and oxygen atoms in total. The molecule has 0 saturated heterocycles. The van der Waals surface area contributed by atoms with E-state index in [9.17, 15) is 4.79 Å². The van der Waals surface area contributed by atoms with Gasteiger partial charge in [-0.3, -0.25) is 9.78 Å². The Morgan fingerprint density at radius 2 is 2.05 bits per heavy atom. The van der Waals surface area contributed by atoms with Crippen molar-refractivity contribution in [2.75, 3.05) is 5.32 Å². The molecule has 0 bridgehead atoms. The van der Waals surface area contributed by atoms with Crippen molar-refractivity contribution in [1.82, 2.24) is 19.7 Å². The topological polar surface area (TPSA) is 72.7 Å². The summed E-state index contributed by atoms with van der Waals surface area (Å²) >= 11 is 5.97. The number of para-hydroxylation sites is 2. The number of nitrogens with zero attached hydrogens (tertiary/aromatic N) is 4.